The standard InChI is InChI=1S/C20H28BrN3O5/c1-19(2,3)29-18(27)23-20(17(26)22-4)9-6-10-24(12-20)15-8-7-13(21)11-14(15)16(25)28-5/h7-8,11H,6,9-10,12H2,1-5H3,(H,22,26)(H,23,27). The zero-order valence-corrected chi connectivity index (χ0v) is 19.0. The first-order valence-electron chi connectivity index (χ1n) is 9.37. The van der Waals surface area contributed by atoms with Gasteiger partial charge in [0.1, 0.15) is 11.1 Å². The monoisotopic (exact) mass is 469 g/mol. The van der Waals surface area contributed by atoms with E-state index >= 15 is 0 Å². The number of rotatable bonds is 4. The fourth-order valence-electron chi connectivity index (χ4n) is 3.40. The van der Waals surface area contributed by atoms with E-state index in [2.05, 4.69) is 26.6 Å². The summed E-state index contributed by atoms with van der Waals surface area (Å²) in [7, 11) is 2.85. The van der Waals surface area contributed by atoms with Gasteiger partial charge in [-0.05, 0) is 51.8 Å². The van der Waals surface area contributed by atoms with E-state index in [4.69, 9.17) is 9.47 Å². The molecule has 8 nitrogen and oxygen atoms in total. The smallest absolute Gasteiger partial charge is 0.408 e. The summed E-state index contributed by atoms with van der Waals surface area (Å²) < 4.78 is 11.0. The Labute approximate surface area is 179 Å². The average molecular weight is 470 g/mol. The van der Waals surface area contributed by atoms with Crippen LogP contribution in [0.5, 0.6) is 0 Å². The number of carbonyl (C=O) groups is 3. The number of anilines is 1. The highest BCUT2D eigenvalue weighted by atomic mass is 79.9. The molecule has 0 saturated carbocycles. The average Bonchev–Trinajstić information content (AvgIpc) is 2.65. The molecule has 2 N–H and O–H groups in total. The molecule has 0 spiro atoms. The number of carbonyl (C=O) groups excluding carboxylic acids is 3. The quantitative estimate of drug-likeness (QED) is 0.657. The molecule has 1 aliphatic heterocycles. The van der Waals surface area contributed by atoms with Gasteiger partial charge in [0.25, 0.3) is 0 Å². The van der Waals surface area contributed by atoms with E-state index in [1.54, 1.807) is 32.9 Å². The molecule has 0 bridgehead atoms. The Balaban J connectivity index is 2.37. The Morgan fingerprint density at radius 2 is 1.93 bits per heavy atom. The molecule has 1 atom stereocenters. The minimum atomic E-state index is -1.18. The molecule has 1 aromatic carbocycles. The number of halogens is 1. The van der Waals surface area contributed by atoms with Crippen molar-refractivity contribution in [1.82, 2.24) is 10.6 Å². The van der Waals surface area contributed by atoms with E-state index < -0.39 is 23.2 Å². The summed E-state index contributed by atoms with van der Waals surface area (Å²) in [4.78, 5) is 39.4. The van der Waals surface area contributed by atoms with Crippen LogP contribution in [0.1, 0.15) is 44.0 Å². The minimum Gasteiger partial charge on any atom is -0.465 e. The summed E-state index contributed by atoms with van der Waals surface area (Å²) in [5.74, 6) is -0.790. The van der Waals surface area contributed by atoms with E-state index in [1.807, 2.05) is 11.0 Å². The molecule has 1 aliphatic rings. The second-order valence-corrected chi connectivity index (χ2v) is 8.88. The molecule has 1 unspecified atom stereocenters. The van der Waals surface area contributed by atoms with Gasteiger partial charge in [-0.3, -0.25) is 4.79 Å². The first kappa shape index (κ1) is 23.0. The molecule has 0 aromatic heterocycles. The van der Waals surface area contributed by atoms with Crippen LogP contribution < -0.4 is 15.5 Å². The predicted molar refractivity (Wildman–Crippen MR) is 113 cm³/mol. The molecule has 0 aliphatic carbocycles. The van der Waals surface area contributed by atoms with Gasteiger partial charge in [0.2, 0.25) is 5.91 Å². The van der Waals surface area contributed by atoms with Crippen molar-refractivity contribution < 1.29 is 23.9 Å². The van der Waals surface area contributed by atoms with Crippen molar-refractivity contribution in [3.05, 3.63) is 28.2 Å². The molecule has 2 rings (SSSR count). The van der Waals surface area contributed by atoms with Gasteiger partial charge >= 0.3 is 12.1 Å². The number of benzene rings is 1. The largest absolute Gasteiger partial charge is 0.465 e. The van der Waals surface area contributed by atoms with Crippen LogP contribution in [0.2, 0.25) is 0 Å². The van der Waals surface area contributed by atoms with Crippen molar-refractivity contribution in [1.29, 1.82) is 0 Å². The van der Waals surface area contributed by atoms with Crippen LogP contribution in [0.15, 0.2) is 22.7 Å². The van der Waals surface area contributed by atoms with Gasteiger partial charge in [-0.15, -0.1) is 0 Å². The zero-order valence-electron chi connectivity index (χ0n) is 17.4. The number of esters is 1. The van der Waals surface area contributed by atoms with Crippen molar-refractivity contribution in [3.63, 3.8) is 0 Å². The Kier molecular flexibility index (Phi) is 7.15. The summed E-state index contributed by atoms with van der Waals surface area (Å²) >= 11 is 3.37. The number of amides is 2. The molecule has 0 radical (unpaired) electrons. The van der Waals surface area contributed by atoms with E-state index in [0.717, 1.165) is 4.47 Å². The van der Waals surface area contributed by atoms with E-state index in [1.165, 1.54) is 14.2 Å². The van der Waals surface area contributed by atoms with Gasteiger partial charge in [0.05, 0.1) is 24.9 Å². The Morgan fingerprint density at radius 3 is 2.52 bits per heavy atom. The normalized spacial score (nSPS) is 19.3. The van der Waals surface area contributed by atoms with Gasteiger partial charge in [-0.25, -0.2) is 9.59 Å². The predicted octanol–water partition coefficient (Wildman–Crippen LogP) is 2.85. The zero-order chi connectivity index (χ0) is 21.8. The van der Waals surface area contributed by atoms with Crippen molar-refractivity contribution in [2.24, 2.45) is 0 Å². The Hall–Kier alpha value is -2.29. The number of hydrogen-bond acceptors (Lipinski definition) is 6. The van der Waals surface area contributed by atoms with Crippen LogP contribution in [0.3, 0.4) is 0 Å². The Morgan fingerprint density at radius 1 is 1.24 bits per heavy atom. The van der Waals surface area contributed by atoms with E-state index in [9.17, 15) is 14.4 Å². The summed E-state index contributed by atoms with van der Waals surface area (Å²) in [5, 5.41) is 5.41. The van der Waals surface area contributed by atoms with Crippen LogP contribution in [0.4, 0.5) is 10.5 Å². The minimum absolute atomic E-state index is 0.192. The lowest BCUT2D eigenvalue weighted by molar-refractivity contribution is -0.127. The van der Waals surface area contributed by atoms with E-state index in [-0.39, 0.29) is 12.5 Å². The van der Waals surface area contributed by atoms with E-state index in [0.29, 0.717) is 30.6 Å². The molecular formula is C20H28BrN3O5. The molecular weight excluding hydrogens is 442 g/mol. The highest BCUT2D eigenvalue weighted by Gasteiger charge is 2.44. The molecule has 160 valence electrons. The van der Waals surface area contributed by atoms with Crippen molar-refractivity contribution >= 4 is 39.6 Å². The number of piperidine rings is 1. The van der Waals surface area contributed by atoms with Crippen molar-refractivity contribution in [3.8, 4) is 0 Å². The number of nitrogens with one attached hydrogen (secondary N) is 2. The number of nitrogens with zero attached hydrogens (tertiary/aromatic N) is 1. The second-order valence-electron chi connectivity index (χ2n) is 7.97. The van der Waals surface area contributed by atoms with Crippen LogP contribution >= 0.6 is 15.9 Å². The molecule has 29 heavy (non-hydrogen) atoms. The number of alkyl carbamates (subject to hydrolysis) is 1. The topological polar surface area (TPSA) is 97.0 Å². The molecule has 2 amide bonds. The second kappa shape index (κ2) is 9.02. The fraction of sp³-hybridized carbons (Fsp3) is 0.550. The lowest BCUT2D eigenvalue weighted by Gasteiger charge is -2.43. The summed E-state index contributed by atoms with van der Waals surface area (Å²) in [6.07, 6.45) is 0.429. The van der Waals surface area contributed by atoms with Gasteiger partial charge in [0.15, 0.2) is 0 Å². The molecule has 9 heteroatoms. The SMILES string of the molecule is CNC(=O)C1(NC(=O)OC(C)(C)C)CCCN(c2ccc(Br)cc2C(=O)OC)C1. The van der Waals surface area contributed by atoms with Crippen LogP contribution in [0.25, 0.3) is 0 Å². The first-order valence-corrected chi connectivity index (χ1v) is 10.2. The molecule has 1 saturated heterocycles. The highest BCUT2D eigenvalue weighted by Crippen LogP contribution is 2.31. The van der Waals surface area contributed by atoms with Crippen LogP contribution in [0, 0.1) is 0 Å². The number of likely N-dealkylation sites (N-methyl/N-ethyl adjacent to an activating group) is 1. The summed E-state index contributed by atoms with van der Waals surface area (Å²) in [6, 6.07) is 5.29. The van der Waals surface area contributed by atoms with Crippen molar-refractivity contribution in [2.45, 2.75) is 44.8 Å². The molecule has 1 aromatic rings. The number of ether oxygens (including phenoxy) is 2. The lowest BCUT2D eigenvalue weighted by Crippen LogP contribution is -2.66. The van der Waals surface area contributed by atoms with Gasteiger partial charge in [0, 0.05) is 18.1 Å². The first-order chi connectivity index (χ1) is 13.5. The number of methoxy groups -OCH3 is 1. The molecule has 1 fully saturated rings. The number of hydrogen-bond donors (Lipinski definition) is 2. The molecule has 1 heterocycles. The van der Waals surface area contributed by atoms with Crippen molar-refractivity contribution in [2.75, 3.05) is 32.1 Å². The lowest BCUT2D eigenvalue weighted by atomic mass is 9.87. The third-order valence-electron chi connectivity index (χ3n) is 4.60. The third kappa shape index (κ3) is 5.62. The summed E-state index contributed by atoms with van der Waals surface area (Å²) in [6.45, 7) is 6.10. The highest BCUT2D eigenvalue weighted by molar-refractivity contribution is 9.10. The Bertz CT molecular complexity index is 793. The van der Waals surface area contributed by atoms with Crippen LogP contribution in [-0.4, -0.2) is 56.4 Å². The maximum atomic E-state index is 12.8. The van der Waals surface area contributed by atoms with Gasteiger partial charge < -0.3 is 25.0 Å². The summed E-state index contributed by atoms with van der Waals surface area (Å²) in [5.41, 5.74) is -0.854. The van der Waals surface area contributed by atoms with Gasteiger partial charge in [-0.2, -0.15) is 0 Å². The maximum Gasteiger partial charge on any atom is 0.408 e. The van der Waals surface area contributed by atoms with Crippen LogP contribution in [-0.2, 0) is 14.3 Å². The fourth-order valence-corrected chi connectivity index (χ4v) is 3.76. The maximum absolute atomic E-state index is 12.8. The van der Waals surface area contributed by atoms with Gasteiger partial charge in [-0.1, -0.05) is 15.9 Å². The third-order valence-corrected chi connectivity index (χ3v) is 5.09.